The highest BCUT2D eigenvalue weighted by Gasteiger charge is 2.19. The van der Waals surface area contributed by atoms with Gasteiger partial charge >= 0.3 is 0 Å². The minimum Gasteiger partial charge on any atom is -0.456 e. The second-order valence-electron chi connectivity index (χ2n) is 12.5. The van der Waals surface area contributed by atoms with Gasteiger partial charge in [-0.25, -0.2) is 4.98 Å². The molecule has 0 bridgehead atoms. The summed E-state index contributed by atoms with van der Waals surface area (Å²) in [6.07, 6.45) is 0. The van der Waals surface area contributed by atoms with Crippen molar-refractivity contribution in [2.75, 3.05) is 0 Å². The van der Waals surface area contributed by atoms with Gasteiger partial charge in [0.1, 0.15) is 11.2 Å². The molecule has 10 aromatic rings. The van der Waals surface area contributed by atoms with E-state index in [1.165, 1.54) is 11.1 Å². The molecule has 0 aliphatic carbocycles. The van der Waals surface area contributed by atoms with E-state index in [0.717, 1.165) is 66.0 Å². The number of fused-ring (bicyclic) bond motifs is 6. The Balaban J connectivity index is 1.22. The molecule has 50 heavy (non-hydrogen) atoms. The summed E-state index contributed by atoms with van der Waals surface area (Å²) in [5, 5.41) is 4.42. The van der Waals surface area contributed by atoms with E-state index in [-0.39, 0.29) is 0 Å². The first kappa shape index (κ1) is 28.2. The number of aromatic nitrogens is 4. The van der Waals surface area contributed by atoms with Crippen molar-refractivity contribution in [2.24, 2.45) is 0 Å². The van der Waals surface area contributed by atoms with Crippen molar-refractivity contribution in [3.63, 3.8) is 0 Å². The number of nitrogens with zero attached hydrogens (tertiary/aromatic N) is 4. The van der Waals surface area contributed by atoms with Crippen LogP contribution in [0.4, 0.5) is 0 Å². The van der Waals surface area contributed by atoms with E-state index in [2.05, 4.69) is 120 Å². The highest BCUT2D eigenvalue weighted by molar-refractivity contribution is 6.10. The van der Waals surface area contributed by atoms with Gasteiger partial charge in [0.2, 0.25) is 5.95 Å². The monoisotopic (exact) mass is 640 g/mol. The Morgan fingerprint density at radius 3 is 1.72 bits per heavy atom. The largest absolute Gasteiger partial charge is 0.456 e. The summed E-state index contributed by atoms with van der Waals surface area (Å²) in [6.45, 7) is 0. The van der Waals surface area contributed by atoms with Gasteiger partial charge in [0, 0.05) is 32.7 Å². The average Bonchev–Trinajstić information content (AvgIpc) is 3.73. The lowest BCUT2D eigenvalue weighted by Gasteiger charge is -2.13. The maximum absolute atomic E-state index is 6.27. The fraction of sp³-hybridized carbons (Fsp3) is 0. The molecule has 0 radical (unpaired) electrons. The quantitative estimate of drug-likeness (QED) is 0.188. The van der Waals surface area contributed by atoms with E-state index in [1.54, 1.807) is 0 Å². The Kier molecular flexibility index (Phi) is 6.42. The number of hydrogen-bond donors (Lipinski definition) is 0. The normalized spacial score (nSPS) is 11.6. The zero-order valence-corrected chi connectivity index (χ0v) is 26.9. The van der Waals surface area contributed by atoms with Crippen molar-refractivity contribution in [3.8, 4) is 51.0 Å². The second kappa shape index (κ2) is 11.4. The van der Waals surface area contributed by atoms with Gasteiger partial charge in [-0.05, 0) is 52.6 Å². The molecule has 0 atom stereocenters. The molecule has 10 rings (SSSR count). The molecular formula is C45H28N4O. The Morgan fingerprint density at radius 1 is 0.360 bits per heavy atom. The molecule has 0 spiro atoms. The van der Waals surface area contributed by atoms with E-state index in [0.29, 0.717) is 17.6 Å². The molecule has 0 amide bonds. The van der Waals surface area contributed by atoms with Crippen LogP contribution in [0.1, 0.15) is 0 Å². The van der Waals surface area contributed by atoms with Crippen molar-refractivity contribution in [3.05, 3.63) is 170 Å². The SMILES string of the molecule is c1ccc(-c2nc(-c3ccc4c(c3)oc3ccccc34)nc(-n3c4ccccc4c4ccc(-c5ccccc5-c5ccccc5)cc43)n2)cc1. The minimum atomic E-state index is 0.554. The van der Waals surface area contributed by atoms with Gasteiger partial charge in [0.25, 0.3) is 0 Å². The molecule has 0 unspecified atom stereocenters. The topological polar surface area (TPSA) is 56.7 Å². The molecule has 5 nitrogen and oxygen atoms in total. The van der Waals surface area contributed by atoms with E-state index < -0.39 is 0 Å². The van der Waals surface area contributed by atoms with Crippen molar-refractivity contribution < 1.29 is 4.42 Å². The van der Waals surface area contributed by atoms with Crippen molar-refractivity contribution in [1.82, 2.24) is 19.5 Å². The predicted molar refractivity (Wildman–Crippen MR) is 203 cm³/mol. The van der Waals surface area contributed by atoms with Crippen LogP contribution in [0, 0.1) is 0 Å². The number of rotatable bonds is 5. The smallest absolute Gasteiger partial charge is 0.238 e. The predicted octanol–water partition coefficient (Wildman–Crippen LogP) is 11.5. The van der Waals surface area contributed by atoms with Crippen molar-refractivity contribution in [2.45, 2.75) is 0 Å². The van der Waals surface area contributed by atoms with E-state index in [4.69, 9.17) is 19.4 Å². The van der Waals surface area contributed by atoms with Crippen LogP contribution in [-0.4, -0.2) is 19.5 Å². The van der Waals surface area contributed by atoms with Crippen LogP contribution in [-0.2, 0) is 0 Å². The van der Waals surface area contributed by atoms with E-state index in [1.807, 2.05) is 54.6 Å². The van der Waals surface area contributed by atoms with Gasteiger partial charge in [-0.2, -0.15) is 9.97 Å². The average molecular weight is 641 g/mol. The summed E-state index contributed by atoms with van der Waals surface area (Å²) in [5.74, 6) is 1.73. The van der Waals surface area contributed by atoms with Gasteiger partial charge in [-0.3, -0.25) is 4.57 Å². The van der Waals surface area contributed by atoms with Crippen LogP contribution >= 0.6 is 0 Å². The molecule has 3 heterocycles. The maximum Gasteiger partial charge on any atom is 0.238 e. The van der Waals surface area contributed by atoms with Gasteiger partial charge in [-0.15, -0.1) is 0 Å². The minimum absolute atomic E-state index is 0.554. The molecule has 0 aliphatic rings. The van der Waals surface area contributed by atoms with Gasteiger partial charge in [0.05, 0.1) is 11.0 Å². The van der Waals surface area contributed by atoms with Crippen LogP contribution in [0.2, 0.25) is 0 Å². The molecule has 0 saturated heterocycles. The summed E-state index contributed by atoms with van der Waals surface area (Å²) in [7, 11) is 0. The van der Waals surface area contributed by atoms with Crippen molar-refractivity contribution >= 4 is 43.7 Å². The molecule has 234 valence electrons. The molecular weight excluding hydrogens is 613 g/mol. The van der Waals surface area contributed by atoms with Crippen LogP contribution in [0.3, 0.4) is 0 Å². The summed E-state index contributed by atoms with van der Waals surface area (Å²) in [6, 6.07) is 58.7. The van der Waals surface area contributed by atoms with Gasteiger partial charge < -0.3 is 4.42 Å². The molecule has 0 saturated carbocycles. The van der Waals surface area contributed by atoms with E-state index >= 15 is 0 Å². The first-order valence-electron chi connectivity index (χ1n) is 16.7. The Labute approximate surface area is 287 Å². The summed E-state index contributed by atoms with van der Waals surface area (Å²) >= 11 is 0. The van der Waals surface area contributed by atoms with E-state index in [9.17, 15) is 0 Å². The number of furan rings is 1. The first-order valence-corrected chi connectivity index (χ1v) is 16.7. The van der Waals surface area contributed by atoms with Crippen molar-refractivity contribution in [1.29, 1.82) is 0 Å². The molecule has 0 aliphatic heterocycles. The first-order chi connectivity index (χ1) is 24.8. The lowest BCUT2D eigenvalue weighted by molar-refractivity contribution is 0.669. The third kappa shape index (κ3) is 4.60. The zero-order valence-electron chi connectivity index (χ0n) is 26.9. The summed E-state index contributed by atoms with van der Waals surface area (Å²) < 4.78 is 8.44. The molecule has 5 heteroatoms. The number of benzene rings is 7. The van der Waals surface area contributed by atoms with Gasteiger partial charge in [0.15, 0.2) is 11.6 Å². The highest BCUT2D eigenvalue weighted by Crippen LogP contribution is 2.38. The fourth-order valence-electron chi connectivity index (χ4n) is 7.13. The Morgan fingerprint density at radius 2 is 0.920 bits per heavy atom. The Bertz CT molecular complexity index is 2870. The van der Waals surface area contributed by atoms with Crippen LogP contribution in [0.5, 0.6) is 0 Å². The molecule has 7 aromatic carbocycles. The van der Waals surface area contributed by atoms with Crippen LogP contribution in [0.25, 0.3) is 94.7 Å². The van der Waals surface area contributed by atoms with Crippen LogP contribution in [0.15, 0.2) is 174 Å². The zero-order chi connectivity index (χ0) is 33.0. The summed E-state index contributed by atoms with van der Waals surface area (Å²) in [5.41, 5.74) is 10.1. The Hall–Kier alpha value is -6.85. The molecule has 0 N–H and O–H groups in total. The standard InChI is InChI=1S/C45H28N4O/c1-3-13-29(14-4-1)33-17-7-8-18-34(33)31-23-25-36-35-19-9-11-21-39(35)49(40(36)27-31)45-47-43(30-15-5-2-6-16-30)46-44(48-45)32-24-26-38-37-20-10-12-22-41(37)50-42(38)28-32/h1-28H. The third-order valence-electron chi connectivity index (χ3n) is 9.49. The highest BCUT2D eigenvalue weighted by atomic mass is 16.3. The summed E-state index contributed by atoms with van der Waals surface area (Å²) in [4.78, 5) is 15.4. The lowest BCUT2D eigenvalue weighted by Crippen LogP contribution is -2.06. The lowest BCUT2D eigenvalue weighted by atomic mass is 9.94. The maximum atomic E-state index is 6.27. The fourth-order valence-corrected chi connectivity index (χ4v) is 7.13. The van der Waals surface area contributed by atoms with Crippen LogP contribution < -0.4 is 0 Å². The number of hydrogen-bond acceptors (Lipinski definition) is 4. The second-order valence-corrected chi connectivity index (χ2v) is 12.5. The molecule has 3 aromatic heterocycles. The number of para-hydroxylation sites is 2. The molecule has 0 fully saturated rings. The van der Waals surface area contributed by atoms with Gasteiger partial charge in [-0.1, -0.05) is 140 Å². The third-order valence-corrected chi connectivity index (χ3v) is 9.49.